The van der Waals surface area contributed by atoms with Crippen molar-refractivity contribution in [1.29, 1.82) is 0 Å². The number of nitrogens with one attached hydrogen (secondary N) is 1. The van der Waals surface area contributed by atoms with Crippen LogP contribution in [0.15, 0.2) is 36.4 Å². The molecule has 7 heteroatoms. The van der Waals surface area contributed by atoms with Crippen LogP contribution in [0.2, 0.25) is 0 Å². The van der Waals surface area contributed by atoms with Crippen LogP contribution in [-0.2, 0) is 5.41 Å². The van der Waals surface area contributed by atoms with Gasteiger partial charge in [-0.2, -0.15) is 5.10 Å². The second-order valence-corrected chi connectivity index (χ2v) is 10.0. The lowest BCUT2D eigenvalue weighted by molar-refractivity contribution is 0.0941. The van der Waals surface area contributed by atoms with Crippen molar-refractivity contribution in [1.82, 2.24) is 24.8 Å². The van der Waals surface area contributed by atoms with E-state index in [1.54, 1.807) is 28.8 Å². The molecule has 0 saturated carbocycles. The van der Waals surface area contributed by atoms with Gasteiger partial charge < -0.3 is 10.2 Å². The number of likely N-dealkylation sites (tertiary alicyclic amines) is 1. The third-order valence-corrected chi connectivity index (χ3v) is 6.43. The van der Waals surface area contributed by atoms with Gasteiger partial charge in [0.2, 0.25) is 0 Å². The van der Waals surface area contributed by atoms with Crippen molar-refractivity contribution in [2.24, 2.45) is 0 Å². The van der Waals surface area contributed by atoms with Crippen molar-refractivity contribution in [2.75, 3.05) is 19.6 Å². The maximum atomic E-state index is 14.5. The monoisotopic (exact) mass is 451 g/mol. The van der Waals surface area contributed by atoms with E-state index in [4.69, 9.17) is 0 Å². The van der Waals surface area contributed by atoms with Crippen molar-refractivity contribution >= 4 is 11.6 Å². The first-order valence-electron chi connectivity index (χ1n) is 11.9. The third-order valence-electron chi connectivity index (χ3n) is 6.43. The molecule has 1 amide bonds. The largest absolute Gasteiger partial charge is 0.351 e. The van der Waals surface area contributed by atoms with Gasteiger partial charge in [-0.3, -0.25) is 4.79 Å². The molecule has 0 aliphatic carbocycles. The summed E-state index contributed by atoms with van der Waals surface area (Å²) in [6.07, 6.45) is 4.68. The first-order chi connectivity index (χ1) is 15.7. The van der Waals surface area contributed by atoms with Crippen LogP contribution < -0.4 is 5.32 Å². The molecule has 2 aromatic heterocycles. The number of hydrogen-bond donors (Lipinski definition) is 1. The predicted octanol–water partition coefficient (Wildman–Crippen LogP) is 4.83. The van der Waals surface area contributed by atoms with Crippen molar-refractivity contribution in [3.8, 4) is 11.3 Å². The van der Waals surface area contributed by atoms with Gasteiger partial charge in [0.1, 0.15) is 11.5 Å². The fourth-order valence-corrected chi connectivity index (χ4v) is 4.37. The van der Waals surface area contributed by atoms with Crippen LogP contribution in [0.3, 0.4) is 0 Å². The molecule has 1 aromatic carbocycles. The lowest BCUT2D eigenvalue weighted by Gasteiger charge is -2.33. The number of rotatable bonds is 6. The number of benzene rings is 1. The van der Waals surface area contributed by atoms with E-state index in [9.17, 15) is 9.18 Å². The molecule has 4 rings (SSSR count). The molecule has 1 N–H and O–H groups in total. The summed E-state index contributed by atoms with van der Waals surface area (Å²) in [6.45, 7) is 11.2. The summed E-state index contributed by atoms with van der Waals surface area (Å²) in [5.41, 5.74) is 2.31. The molecule has 0 spiro atoms. The van der Waals surface area contributed by atoms with Crippen LogP contribution in [0.5, 0.6) is 0 Å². The van der Waals surface area contributed by atoms with E-state index < -0.39 is 0 Å². The highest BCUT2D eigenvalue weighted by atomic mass is 19.1. The van der Waals surface area contributed by atoms with Gasteiger partial charge in [0.05, 0.1) is 11.4 Å². The van der Waals surface area contributed by atoms with Gasteiger partial charge in [0, 0.05) is 36.2 Å². The van der Waals surface area contributed by atoms with Crippen LogP contribution in [0.4, 0.5) is 4.39 Å². The number of aromatic nitrogens is 3. The zero-order valence-electron chi connectivity index (χ0n) is 20.1. The normalized spacial score (nSPS) is 17.4. The Bertz CT molecular complexity index is 1130. The van der Waals surface area contributed by atoms with Gasteiger partial charge in [-0.15, -0.1) is 0 Å². The molecule has 1 atom stereocenters. The van der Waals surface area contributed by atoms with E-state index >= 15 is 0 Å². The summed E-state index contributed by atoms with van der Waals surface area (Å²) >= 11 is 0. The number of nitrogens with zero attached hydrogens (tertiary/aromatic N) is 4. The fraction of sp³-hybridized carbons (Fsp3) is 0.500. The molecular weight excluding hydrogens is 417 g/mol. The van der Waals surface area contributed by atoms with Gasteiger partial charge in [0.25, 0.3) is 5.91 Å². The zero-order chi connectivity index (χ0) is 23.6. The van der Waals surface area contributed by atoms with Crippen LogP contribution in [0.1, 0.15) is 69.6 Å². The Labute approximate surface area is 195 Å². The van der Waals surface area contributed by atoms with Crippen LogP contribution >= 0.6 is 0 Å². The average Bonchev–Trinajstić information content (AvgIpc) is 3.22. The Morgan fingerprint density at radius 1 is 1.21 bits per heavy atom. The van der Waals surface area contributed by atoms with Gasteiger partial charge >= 0.3 is 0 Å². The molecule has 0 unspecified atom stereocenters. The second-order valence-electron chi connectivity index (χ2n) is 10.0. The molecule has 0 bridgehead atoms. The summed E-state index contributed by atoms with van der Waals surface area (Å²) in [7, 11) is 0. The number of amides is 1. The maximum Gasteiger partial charge on any atom is 0.270 e. The van der Waals surface area contributed by atoms with E-state index in [-0.39, 0.29) is 17.1 Å². The van der Waals surface area contributed by atoms with Gasteiger partial charge in [-0.05, 0) is 50.9 Å². The maximum absolute atomic E-state index is 14.5. The van der Waals surface area contributed by atoms with Gasteiger partial charge in [-0.1, -0.05) is 39.3 Å². The van der Waals surface area contributed by atoms with E-state index in [0.29, 0.717) is 35.2 Å². The molecule has 1 aliphatic heterocycles. The molecule has 3 aromatic rings. The lowest BCUT2D eigenvalue weighted by Crippen LogP contribution is -2.39. The molecule has 6 nitrogen and oxygen atoms in total. The standard InChI is InChI=1S/C26H34FN5O/c1-18-10-7-8-14-31(18)15-9-13-28-25(33)22-16-21(19-11-5-6-12-20(19)27)29-24-17-23(26(2,3)4)30-32(22)24/h5-6,11-12,16-18H,7-10,13-15H2,1-4H3,(H,28,33)/t18-/m1/s1. The number of piperidine rings is 1. The molecule has 33 heavy (non-hydrogen) atoms. The van der Waals surface area contributed by atoms with Crippen molar-refractivity contribution in [2.45, 2.75) is 64.8 Å². The molecule has 1 saturated heterocycles. The highest BCUT2D eigenvalue weighted by Gasteiger charge is 2.23. The SMILES string of the molecule is C[C@@H]1CCCCN1CCCNC(=O)c1cc(-c2ccccc2F)nc2cc(C(C)(C)C)nn12. The van der Waals surface area contributed by atoms with E-state index in [2.05, 4.69) is 48.0 Å². The van der Waals surface area contributed by atoms with E-state index in [1.807, 2.05) is 6.07 Å². The van der Waals surface area contributed by atoms with Crippen LogP contribution in [0, 0.1) is 5.82 Å². The Morgan fingerprint density at radius 3 is 2.73 bits per heavy atom. The molecule has 1 fully saturated rings. The molecule has 3 heterocycles. The Kier molecular flexibility index (Phi) is 6.79. The third kappa shape index (κ3) is 5.24. The highest BCUT2D eigenvalue weighted by Crippen LogP contribution is 2.26. The number of hydrogen-bond acceptors (Lipinski definition) is 4. The number of carbonyl (C=O) groups excluding carboxylic acids is 1. The van der Waals surface area contributed by atoms with Crippen molar-refractivity contribution in [3.05, 3.63) is 53.6 Å². The summed E-state index contributed by atoms with van der Waals surface area (Å²) in [5, 5.41) is 7.70. The van der Waals surface area contributed by atoms with Gasteiger partial charge in [-0.25, -0.2) is 13.9 Å². The first kappa shape index (κ1) is 23.4. The smallest absolute Gasteiger partial charge is 0.270 e. The number of fused-ring (bicyclic) bond motifs is 1. The Morgan fingerprint density at radius 2 is 2.00 bits per heavy atom. The molecular formula is C26H34FN5O. The van der Waals surface area contributed by atoms with Crippen LogP contribution in [-0.4, -0.2) is 51.1 Å². The predicted molar refractivity (Wildman–Crippen MR) is 129 cm³/mol. The lowest BCUT2D eigenvalue weighted by atomic mass is 9.93. The van der Waals surface area contributed by atoms with Crippen LogP contribution in [0.25, 0.3) is 16.9 Å². The van der Waals surface area contributed by atoms with E-state index in [0.717, 1.165) is 25.2 Å². The minimum atomic E-state index is -0.369. The molecule has 176 valence electrons. The summed E-state index contributed by atoms with van der Waals surface area (Å²) in [5.74, 6) is -0.595. The zero-order valence-corrected chi connectivity index (χ0v) is 20.1. The molecule has 0 radical (unpaired) electrons. The van der Waals surface area contributed by atoms with E-state index in [1.165, 1.54) is 25.3 Å². The highest BCUT2D eigenvalue weighted by molar-refractivity contribution is 5.94. The number of halogens is 1. The Hall–Kier alpha value is -2.80. The summed E-state index contributed by atoms with van der Waals surface area (Å²) in [6, 6.07) is 10.6. The average molecular weight is 452 g/mol. The van der Waals surface area contributed by atoms with Crippen molar-refractivity contribution in [3.63, 3.8) is 0 Å². The fourth-order valence-electron chi connectivity index (χ4n) is 4.37. The summed E-state index contributed by atoms with van der Waals surface area (Å²) < 4.78 is 16.1. The topological polar surface area (TPSA) is 62.5 Å². The van der Waals surface area contributed by atoms with Crippen molar-refractivity contribution < 1.29 is 9.18 Å². The van der Waals surface area contributed by atoms with Gasteiger partial charge in [0.15, 0.2) is 5.65 Å². The Balaban J connectivity index is 1.58. The first-order valence-corrected chi connectivity index (χ1v) is 11.9. The second kappa shape index (κ2) is 9.59. The number of carbonyl (C=O) groups is 1. The minimum Gasteiger partial charge on any atom is -0.351 e. The minimum absolute atomic E-state index is 0.204. The summed E-state index contributed by atoms with van der Waals surface area (Å²) in [4.78, 5) is 20.3. The quantitative estimate of drug-likeness (QED) is 0.546. The molecule has 1 aliphatic rings.